The van der Waals surface area contributed by atoms with E-state index in [0.29, 0.717) is 5.01 Å². The van der Waals surface area contributed by atoms with E-state index in [1.165, 1.54) is 13.8 Å². The predicted molar refractivity (Wildman–Crippen MR) is 121 cm³/mol. The van der Waals surface area contributed by atoms with Gasteiger partial charge in [0.1, 0.15) is 30.5 Å². The molecule has 6 amide bonds. The molecule has 4 atom stereocenters. The minimum absolute atomic E-state index is 0.0165. The Labute approximate surface area is 207 Å². The quantitative estimate of drug-likeness (QED) is 0.189. The Morgan fingerprint density at radius 2 is 1.67 bits per heavy atom. The van der Waals surface area contributed by atoms with Gasteiger partial charge in [0.05, 0.1) is 32.5 Å². The number of hydrogen-bond acceptors (Lipinski definition) is 10. The van der Waals surface area contributed by atoms with Crippen LogP contribution in [0.2, 0.25) is 0 Å². The Balaban J connectivity index is 3.08. The molecule has 1 aliphatic rings. The van der Waals surface area contributed by atoms with Crippen molar-refractivity contribution in [1.82, 2.24) is 31.7 Å². The summed E-state index contributed by atoms with van der Waals surface area (Å²) in [5.41, 5.74) is 2.18. The molecule has 0 radical (unpaired) electrons. The molecule has 0 aliphatic carbocycles. The van der Waals surface area contributed by atoms with E-state index in [1.807, 2.05) is 0 Å². The molecule has 0 bridgehead atoms. The van der Waals surface area contributed by atoms with Gasteiger partial charge in [-0.05, 0) is 13.8 Å². The van der Waals surface area contributed by atoms with Crippen LogP contribution in [0.1, 0.15) is 20.3 Å². The summed E-state index contributed by atoms with van der Waals surface area (Å²) < 4.78 is 10.4. The zero-order valence-corrected chi connectivity index (χ0v) is 20.4. The van der Waals surface area contributed by atoms with Crippen LogP contribution < -0.4 is 26.7 Å². The minimum atomic E-state index is -1.45. The summed E-state index contributed by atoms with van der Waals surface area (Å²) in [6.07, 6.45) is -1.80. The first-order valence-corrected chi connectivity index (χ1v) is 11.1. The number of aliphatic hydroxyl groups excluding tert-OH is 2. The van der Waals surface area contributed by atoms with Gasteiger partial charge in [0.25, 0.3) is 11.8 Å². The van der Waals surface area contributed by atoms with Crippen molar-refractivity contribution >= 4 is 35.4 Å². The van der Waals surface area contributed by atoms with Crippen LogP contribution >= 0.6 is 0 Å². The van der Waals surface area contributed by atoms with Crippen LogP contribution in [0.25, 0.3) is 0 Å². The number of likely N-dealkylation sites (N-methyl/N-ethyl adjacent to an activating group) is 1. The second-order valence-electron chi connectivity index (χ2n) is 7.93. The number of carbonyl (C=O) groups is 6. The van der Waals surface area contributed by atoms with E-state index >= 15 is 0 Å². The first kappa shape index (κ1) is 30.7. The lowest BCUT2D eigenvalue weighted by Crippen LogP contribution is -2.61. The highest BCUT2D eigenvalue weighted by Gasteiger charge is 2.31. The molecule has 16 heteroatoms. The fourth-order valence-electron chi connectivity index (χ4n) is 2.94. The molecule has 0 aromatic rings. The monoisotopic (exact) mass is 518 g/mol. The lowest BCUT2D eigenvalue weighted by molar-refractivity contribution is -0.144. The van der Waals surface area contributed by atoms with Crippen LogP contribution in [0.15, 0.2) is 0 Å². The highest BCUT2D eigenvalue weighted by Crippen LogP contribution is 2.01. The average molecular weight is 519 g/mol. The number of aliphatic hydroxyl groups is 2. The van der Waals surface area contributed by atoms with Crippen LogP contribution in [0, 0.1) is 0 Å². The number of urea groups is 1. The third-order valence-electron chi connectivity index (χ3n) is 4.74. The zero-order chi connectivity index (χ0) is 27.3. The summed E-state index contributed by atoms with van der Waals surface area (Å²) in [4.78, 5) is 73.8. The van der Waals surface area contributed by atoms with E-state index in [2.05, 4.69) is 26.7 Å². The second-order valence-corrected chi connectivity index (χ2v) is 7.93. The lowest BCUT2D eigenvalue weighted by Gasteiger charge is -2.28. The van der Waals surface area contributed by atoms with Gasteiger partial charge in [-0.1, -0.05) is 0 Å². The van der Waals surface area contributed by atoms with E-state index in [0.717, 1.165) is 7.05 Å². The maximum Gasteiger partial charge on any atom is 0.316 e. The van der Waals surface area contributed by atoms with Crippen molar-refractivity contribution in [3.05, 3.63) is 0 Å². The zero-order valence-electron chi connectivity index (χ0n) is 20.4. The van der Waals surface area contributed by atoms with Gasteiger partial charge in [-0.15, -0.1) is 0 Å². The van der Waals surface area contributed by atoms with Gasteiger partial charge >= 0.3 is 6.03 Å². The molecule has 0 spiro atoms. The SMILES string of the molecule is CC(=O)C[C@H]1NC(=O)N[C@H](CO)C(=O)NCCOCCOCC(=O)N[C@H](C(C)O)C(=O)NN(C)C1=O. The van der Waals surface area contributed by atoms with Crippen LogP contribution in [0.4, 0.5) is 4.79 Å². The number of nitrogens with zero attached hydrogens (tertiary/aromatic N) is 1. The maximum atomic E-state index is 12.8. The van der Waals surface area contributed by atoms with Gasteiger partial charge in [-0.3, -0.25) is 34.4 Å². The van der Waals surface area contributed by atoms with Gasteiger partial charge in [-0.25, -0.2) is 4.79 Å². The third-order valence-corrected chi connectivity index (χ3v) is 4.74. The summed E-state index contributed by atoms with van der Waals surface area (Å²) in [7, 11) is 1.14. The molecule has 0 saturated carbocycles. The van der Waals surface area contributed by atoms with Gasteiger partial charge in [0.2, 0.25) is 11.8 Å². The molecule has 1 fully saturated rings. The molecule has 0 aromatic heterocycles. The van der Waals surface area contributed by atoms with Crippen LogP contribution in [-0.4, -0.2) is 122 Å². The fourth-order valence-corrected chi connectivity index (χ4v) is 2.94. The van der Waals surface area contributed by atoms with Crippen LogP contribution in [0.3, 0.4) is 0 Å². The number of carbonyl (C=O) groups excluding carboxylic acids is 6. The fraction of sp³-hybridized carbons (Fsp3) is 0.700. The van der Waals surface area contributed by atoms with Crippen molar-refractivity contribution in [2.45, 2.75) is 44.5 Å². The molecule has 204 valence electrons. The smallest absolute Gasteiger partial charge is 0.316 e. The topological polar surface area (TPSA) is 225 Å². The Morgan fingerprint density at radius 1 is 1.03 bits per heavy atom. The average Bonchev–Trinajstić information content (AvgIpc) is 2.80. The molecule has 7 N–H and O–H groups in total. The van der Waals surface area contributed by atoms with E-state index < -0.39 is 79.3 Å². The summed E-state index contributed by atoms with van der Waals surface area (Å²) in [5.74, 6) is -3.78. The lowest BCUT2D eigenvalue weighted by atomic mass is 10.1. The second kappa shape index (κ2) is 15.6. The normalized spacial score (nSPS) is 25.3. The number of hydrazine groups is 1. The van der Waals surface area contributed by atoms with E-state index in [9.17, 15) is 39.0 Å². The highest BCUT2D eigenvalue weighted by atomic mass is 16.5. The van der Waals surface area contributed by atoms with Crippen molar-refractivity contribution in [1.29, 1.82) is 0 Å². The van der Waals surface area contributed by atoms with Gasteiger partial charge in [-0.2, -0.15) is 0 Å². The molecule has 16 nitrogen and oxygen atoms in total. The number of ketones is 1. The van der Waals surface area contributed by atoms with E-state index in [4.69, 9.17) is 9.47 Å². The highest BCUT2D eigenvalue weighted by molar-refractivity contribution is 5.95. The Hall–Kier alpha value is -3.34. The third kappa shape index (κ3) is 10.9. The largest absolute Gasteiger partial charge is 0.394 e. The van der Waals surface area contributed by atoms with Crippen molar-refractivity contribution in [3.63, 3.8) is 0 Å². The van der Waals surface area contributed by atoms with Crippen molar-refractivity contribution in [2.75, 3.05) is 46.6 Å². The number of nitrogens with one attached hydrogen (secondary N) is 5. The van der Waals surface area contributed by atoms with Crippen molar-refractivity contribution in [2.24, 2.45) is 0 Å². The number of ether oxygens (including phenoxy) is 2. The maximum absolute atomic E-state index is 12.8. The number of rotatable bonds is 4. The van der Waals surface area contributed by atoms with E-state index in [1.54, 1.807) is 0 Å². The summed E-state index contributed by atoms with van der Waals surface area (Å²) in [5, 5.41) is 29.3. The molecular weight excluding hydrogens is 484 g/mol. The molecule has 1 saturated heterocycles. The molecule has 36 heavy (non-hydrogen) atoms. The summed E-state index contributed by atoms with van der Waals surface area (Å²) in [6.45, 7) is 1.44. The molecular formula is C20H34N6O10. The molecule has 1 heterocycles. The van der Waals surface area contributed by atoms with Crippen molar-refractivity contribution < 1.29 is 48.5 Å². The van der Waals surface area contributed by atoms with Crippen LogP contribution in [0.5, 0.6) is 0 Å². The number of hydrogen-bond donors (Lipinski definition) is 7. The van der Waals surface area contributed by atoms with Gasteiger partial charge < -0.3 is 41.0 Å². The minimum Gasteiger partial charge on any atom is -0.394 e. The van der Waals surface area contributed by atoms with Crippen LogP contribution in [-0.2, 0) is 33.4 Å². The standard InChI is InChI=1S/C20H34N6O10/c1-11(28)8-13-19(33)26(3)25-18(32)16(12(2)29)24-15(30)10-36-7-6-35-5-4-21-17(31)14(9-27)23-20(34)22-13/h12-14,16,27,29H,4-10H2,1-3H3,(H,21,31)(H,24,30)(H,25,32)(H2,22,23,34)/t12?,13-,14-,16-/m1/s1. The van der Waals surface area contributed by atoms with E-state index in [-0.39, 0.29) is 26.4 Å². The Bertz CT molecular complexity index is 808. The first-order chi connectivity index (χ1) is 17.0. The van der Waals surface area contributed by atoms with Gasteiger partial charge in [0, 0.05) is 20.0 Å². The van der Waals surface area contributed by atoms with Gasteiger partial charge in [0.15, 0.2) is 0 Å². The molecule has 1 rings (SSSR count). The van der Waals surface area contributed by atoms with Crippen molar-refractivity contribution in [3.8, 4) is 0 Å². The number of Topliss-reactive ketones (excluding diaryl/α,β-unsaturated/α-hetero) is 1. The Kier molecular flexibility index (Phi) is 13.3. The Morgan fingerprint density at radius 3 is 2.28 bits per heavy atom. The summed E-state index contributed by atoms with van der Waals surface area (Å²) >= 11 is 0. The molecule has 1 unspecified atom stereocenters. The summed E-state index contributed by atoms with van der Waals surface area (Å²) in [6, 6.07) is -5.30. The molecule has 1 aliphatic heterocycles. The first-order valence-electron chi connectivity index (χ1n) is 11.1. The predicted octanol–water partition coefficient (Wildman–Crippen LogP) is -4.49. The molecule has 0 aromatic carbocycles. The number of amides is 6.